The molecule has 0 aromatic heterocycles. The number of hydrogen-bond donors (Lipinski definition) is 1. The monoisotopic (exact) mass is 237 g/mol. The van der Waals surface area contributed by atoms with E-state index in [0.29, 0.717) is 5.57 Å². The van der Waals surface area contributed by atoms with Crippen molar-refractivity contribution >= 4 is 23.0 Å². The van der Waals surface area contributed by atoms with Crippen molar-refractivity contribution in [1.82, 2.24) is 4.90 Å². The molecule has 0 heterocycles. The minimum absolute atomic E-state index is 0. The summed E-state index contributed by atoms with van der Waals surface area (Å²) in [7, 11) is 3.92. The maximum Gasteiger partial charge on any atom is 0.330 e. The van der Waals surface area contributed by atoms with Crippen molar-refractivity contribution in [2.75, 3.05) is 20.6 Å². The topological polar surface area (TPSA) is 40.5 Å². The molecule has 1 N–H and O–H groups in total. The first kappa shape index (κ1) is 14.2. The highest BCUT2D eigenvalue weighted by atomic mass is 79.9. The highest BCUT2D eigenvalue weighted by molar-refractivity contribution is 8.93. The first-order valence-electron chi connectivity index (χ1n) is 3.59. The molecular weight excluding hydrogens is 222 g/mol. The van der Waals surface area contributed by atoms with Crippen LogP contribution in [0.4, 0.5) is 0 Å². The number of carboxylic acid groups (broad SMARTS) is 1. The Bertz CT molecular complexity index is 166. The molecule has 0 spiro atoms. The molecule has 0 aromatic rings. The van der Waals surface area contributed by atoms with E-state index in [1.807, 2.05) is 19.0 Å². The summed E-state index contributed by atoms with van der Waals surface area (Å²) in [6, 6.07) is 0. The van der Waals surface area contributed by atoms with Gasteiger partial charge in [0, 0.05) is 12.1 Å². The van der Waals surface area contributed by atoms with E-state index in [9.17, 15) is 4.79 Å². The molecule has 0 aromatic carbocycles. The molecular formula is C8H16BrNO2. The lowest BCUT2D eigenvalue weighted by molar-refractivity contribution is -0.132. The van der Waals surface area contributed by atoms with E-state index >= 15 is 0 Å². The summed E-state index contributed by atoms with van der Waals surface area (Å²) in [6.07, 6.45) is 2.54. The van der Waals surface area contributed by atoms with Gasteiger partial charge < -0.3 is 10.0 Å². The van der Waals surface area contributed by atoms with Gasteiger partial charge in [0.15, 0.2) is 0 Å². The summed E-state index contributed by atoms with van der Waals surface area (Å²) < 4.78 is 0. The molecule has 0 aliphatic carbocycles. The fourth-order valence-electron chi connectivity index (χ4n) is 0.627. The van der Waals surface area contributed by atoms with E-state index < -0.39 is 5.97 Å². The molecule has 4 heteroatoms. The molecule has 0 aliphatic heterocycles. The number of hydrogen-bond acceptors (Lipinski definition) is 2. The van der Waals surface area contributed by atoms with Crippen molar-refractivity contribution < 1.29 is 9.90 Å². The molecule has 0 amide bonds. The standard InChI is InChI=1S/C8H15NO2.BrH/c1-7(8(10)11)5-4-6-9(2)3;/h5H,4,6H2,1-3H3,(H,10,11);1H. The molecule has 0 fully saturated rings. The number of halogens is 1. The van der Waals surface area contributed by atoms with Gasteiger partial charge in [-0.3, -0.25) is 0 Å². The lowest BCUT2D eigenvalue weighted by Crippen LogP contribution is -2.12. The first-order chi connectivity index (χ1) is 5.04. The summed E-state index contributed by atoms with van der Waals surface area (Å²) >= 11 is 0. The van der Waals surface area contributed by atoms with Crippen LogP contribution in [-0.4, -0.2) is 36.6 Å². The predicted octanol–water partition coefficient (Wildman–Crippen LogP) is 1.55. The Kier molecular flexibility index (Phi) is 8.64. The minimum Gasteiger partial charge on any atom is -0.478 e. The number of aliphatic carboxylic acids is 1. The molecule has 0 saturated carbocycles. The van der Waals surface area contributed by atoms with Crippen LogP contribution in [0.3, 0.4) is 0 Å². The largest absolute Gasteiger partial charge is 0.478 e. The molecule has 0 saturated heterocycles. The Balaban J connectivity index is 0. The predicted molar refractivity (Wildman–Crippen MR) is 54.9 cm³/mol. The van der Waals surface area contributed by atoms with Crippen LogP contribution in [0.5, 0.6) is 0 Å². The third-order valence-corrected chi connectivity index (χ3v) is 1.36. The van der Waals surface area contributed by atoms with Gasteiger partial charge in [-0.25, -0.2) is 4.79 Å². The van der Waals surface area contributed by atoms with Crippen molar-refractivity contribution in [3.05, 3.63) is 11.6 Å². The van der Waals surface area contributed by atoms with Crippen LogP contribution in [0.1, 0.15) is 13.3 Å². The molecule has 0 unspecified atom stereocenters. The molecule has 0 rings (SSSR count). The van der Waals surface area contributed by atoms with Gasteiger partial charge in [-0.15, -0.1) is 17.0 Å². The number of nitrogens with zero attached hydrogens (tertiary/aromatic N) is 1. The van der Waals surface area contributed by atoms with Crippen LogP contribution in [0.15, 0.2) is 11.6 Å². The van der Waals surface area contributed by atoms with Gasteiger partial charge in [-0.2, -0.15) is 0 Å². The fraction of sp³-hybridized carbons (Fsp3) is 0.625. The number of carbonyl (C=O) groups is 1. The first-order valence-corrected chi connectivity index (χ1v) is 3.59. The van der Waals surface area contributed by atoms with Gasteiger partial charge in [0.25, 0.3) is 0 Å². The molecule has 72 valence electrons. The smallest absolute Gasteiger partial charge is 0.330 e. The Hall–Kier alpha value is -0.350. The van der Waals surface area contributed by atoms with Gasteiger partial charge in [-0.1, -0.05) is 6.08 Å². The molecule has 0 bridgehead atoms. The maximum absolute atomic E-state index is 10.3. The van der Waals surface area contributed by atoms with Crippen molar-refractivity contribution in [3.63, 3.8) is 0 Å². The van der Waals surface area contributed by atoms with E-state index in [2.05, 4.69) is 0 Å². The SMILES string of the molecule is Br.CC(=CCCN(C)C)C(=O)O. The summed E-state index contributed by atoms with van der Waals surface area (Å²) in [6.45, 7) is 2.50. The second-order valence-electron chi connectivity index (χ2n) is 2.78. The fourth-order valence-corrected chi connectivity index (χ4v) is 0.627. The Morgan fingerprint density at radius 3 is 2.33 bits per heavy atom. The van der Waals surface area contributed by atoms with Crippen LogP contribution >= 0.6 is 17.0 Å². The second kappa shape index (κ2) is 7.31. The average molecular weight is 238 g/mol. The molecule has 0 radical (unpaired) electrons. The summed E-state index contributed by atoms with van der Waals surface area (Å²) in [4.78, 5) is 12.3. The van der Waals surface area contributed by atoms with Crippen LogP contribution < -0.4 is 0 Å². The van der Waals surface area contributed by atoms with E-state index in [1.54, 1.807) is 13.0 Å². The van der Waals surface area contributed by atoms with Gasteiger partial charge >= 0.3 is 5.97 Å². The lowest BCUT2D eigenvalue weighted by Gasteiger charge is -2.05. The zero-order valence-corrected chi connectivity index (χ0v) is 9.42. The van der Waals surface area contributed by atoms with E-state index in [0.717, 1.165) is 13.0 Å². The average Bonchev–Trinajstić information content (AvgIpc) is 1.86. The highest BCUT2D eigenvalue weighted by Crippen LogP contribution is 1.95. The Morgan fingerprint density at radius 2 is 2.00 bits per heavy atom. The van der Waals surface area contributed by atoms with E-state index in [1.165, 1.54) is 0 Å². The van der Waals surface area contributed by atoms with E-state index in [-0.39, 0.29) is 17.0 Å². The van der Waals surface area contributed by atoms with Gasteiger partial charge in [0.1, 0.15) is 0 Å². The van der Waals surface area contributed by atoms with Crippen molar-refractivity contribution in [3.8, 4) is 0 Å². The third kappa shape index (κ3) is 7.75. The van der Waals surface area contributed by atoms with Gasteiger partial charge in [-0.05, 0) is 27.4 Å². The summed E-state index contributed by atoms with van der Waals surface area (Å²) in [5, 5.41) is 8.47. The van der Waals surface area contributed by atoms with Crippen LogP contribution in [0.2, 0.25) is 0 Å². The summed E-state index contributed by atoms with van der Waals surface area (Å²) in [5.41, 5.74) is 0.423. The van der Waals surface area contributed by atoms with Crippen molar-refractivity contribution in [2.45, 2.75) is 13.3 Å². The van der Waals surface area contributed by atoms with Crippen molar-refractivity contribution in [2.24, 2.45) is 0 Å². The summed E-state index contributed by atoms with van der Waals surface area (Å²) in [5.74, 6) is -0.830. The molecule has 3 nitrogen and oxygen atoms in total. The zero-order chi connectivity index (χ0) is 8.85. The number of rotatable bonds is 4. The normalized spacial score (nSPS) is 11.2. The Morgan fingerprint density at radius 1 is 1.50 bits per heavy atom. The molecule has 12 heavy (non-hydrogen) atoms. The maximum atomic E-state index is 10.3. The molecule has 0 aliphatic rings. The third-order valence-electron chi connectivity index (χ3n) is 1.36. The molecule has 0 atom stereocenters. The lowest BCUT2D eigenvalue weighted by atomic mass is 10.2. The van der Waals surface area contributed by atoms with Crippen LogP contribution in [-0.2, 0) is 4.79 Å². The second-order valence-corrected chi connectivity index (χ2v) is 2.78. The van der Waals surface area contributed by atoms with Gasteiger partial charge in [0.05, 0.1) is 0 Å². The number of carboxylic acids is 1. The Labute approximate surface area is 83.8 Å². The highest BCUT2D eigenvalue weighted by Gasteiger charge is 1.97. The van der Waals surface area contributed by atoms with Crippen LogP contribution in [0, 0.1) is 0 Å². The van der Waals surface area contributed by atoms with Gasteiger partial charge in [0.2, 0.25) is 0 Å². The van der Waals surface area contributed by atoms with Crippen LogP contribution in [0.25, 0.3) is 0 Å². The minimum atomic E-state index is -0.830. The van der Waals surface area contributed by atoms with E-state index in [4.69, 9.17) is 5.11 Å². The zero-order valence-electron chi connectivity index (χ0n) is 7.70. The quantitative estimate of drug-likeness (QED) is 0.755. The van der Waals surface area contributed by atoms with Crippen molar-refractivity contribution in [1.29, 1.82) is 0 Å².